The monoisotopic (exact) mass is 388 g/mol. The molecule has 29 heavy (non-hydrogen) atoms. The van der Waals surface area contributed by atoms with Crippen LogP contribution in [0.5, 0.6) is 11.5 Å². The number of ether oxygens (including phenoxy) is 2. The lowest BCUT2D eigenvalue weighted by Crippen LogP contribution is -1.98. The zero-order valence-electron chi connectivity index (χ0n) is 17.9. The molecule has 152 valence electrons. The molecule has 2 heteroatoms. The summed E-state index contributed by atoms with van der Waals surface area (Å²) in [7, 11) is 0. The van der Waals surface area contributed by atoms with Crippen molar-refractivity contribution >= 4 is 0 Å². The van der Waals surface area contributed by atoms with Crippen LogP contribution >= 0.6 is 0 Å². The predicted octanol–water partition coefficient (Wildman–Crippen LogP) is 7.69. The summed E-state index contributed by atoms with van der Waals surface area (Å²) in [5, 5.41) is 0. The maximum Gasteiger partial charge on any atom is 0.122 e. The molecule has 0 bridgehead atoms. The van der Waals surface area contributed by atoms with Gasteiger partial charge < -0.3 is 9.47 Å². The van der Waals surface area contributed by atoms with E-state index >= 15 is 0 Å². The van der Waals surface area contributed by atoms with Gasteiger partial charge >= 0.3 is 0 Å². The first-order valence-electron chi connectivity index (χ1n) is 10.8. The highest BCUT2D eigenvalue weighted by Gasteiger charge is 2.05. The Kier molecular flexibility index (Phi) is 7.75. The molecule has 0 spiro atoms. The number of unbranched alkanes of at least 4 members (excludes halogenated alkanes) is 2. The molecular formula is C27H32O2. The topological polar surface area (TPSA) is 18.5 Å². The van der Waals surface area contributed by atoms with Crippen LogP contribution in [0.25, 0.3) is 22.3 Å². The predicted molar refractivity (Wildman–Crippen MR) is 123 cm³/mol. The minimum absolute atomic E-state index is 0.784. The average molecular weight is 389 g/mol. The fraction of sp³-hybridized carbons (Fsp3) is 0.333. The maximum absolute atomic E-state index is 5.88. The Balaban J connectivity index is 1.67. The molecule has 0 saturated heterocycles. The molecule has 0 amide bonds. The van der Waals surface area contributed by atoms with Crippen LogP contribution in [-0.4, -0.2) is 13.2 Å². The van der Waals surface area contributed by atoms with E-state index in [9.17, 15) is 0 Å². The highest BCUT2D eigenvalue weighted by molar-refractivity contribution is 5.71. The van der Waals surface area contributed by atoms with E-state index < -0.39 is 0 Å². The molecule has 0 atom stereocenters. The van der Waals surface area contributed by atoms with Crippen molar-refractivity contribution in [2.45, 2.75) is 46.5 Å². The quantitative estimate of drug-likeness (QED) is 0.331. The van der Waals surface area contributed by atoms with Crippen molar-refractivity contribution in [3.8, 4) is 33.8 Å². The molecule has 0 aromatic heterocycles. The Morgan fingerprint density at radius 3 is 1.62 bits per heavy atom. The van der Waals surface area contributed by atoms with E-state index in [0.717, 1.165) is 50.4 Å². The van der Waals surface area contributed by atoms with E-state index in [4.69, 9.17) is 9.47 Å². The minimum atomic E-state index is 0.784. The zero-order valence-corrected chi connectivity index (χ0v) is 17.9. The number of hydrogen-bond acceptors (Lipinski definition) is 2. The van der Waals surface area contributed by atoms with Gasteiger partial charge in [-0.15, -0.1) is 0 Å². The largest absolute Gasteiger partial charge is 0.494 e. The van der Waals surface area contributed by atoms with Gasteiger partial charge in [0.25, 0.3) is 0 Å². The van der Waals surface area contributed by atoms with Crippen LogP contribution < -0.4 is 9.47 Å². The summed E-state index contributed by atoms with van der Waals surface area (Å²) < 4.78 is 11.6. The lowest BCUT2D eigenvalue weighted by atomic mass is 9.99. The van der Waals surface area contributed by atoms with Gasteiger partial charge in [0.1, 0.15) is 11.5 Å². The molecule has 0 radical (unpaired) electrons. The number of aryl methyl sites for hydroxylation is 1. The van der Waals surface area contributed by atoms with Crippen molar-refractivity contribution in [3.05, 3.63) is 72.3 Å². The van der Waals surface area contributed by atoms with Crippen LogP contribution in [0.3, 0.4) is 0 Å². The fourth-order valence-corrected chi connectivity index (χ4v) is 3.25. The van der Waals surface area contributed by atoms with E-state index in [1.54, 1.807) is 0 Å². The zero-order chi connectivity index (χ0) is 20.5. The lowest BCUT2D eigenvalue weighted by Gasteiger charge is -2.11. The molecule has 3 aromatic rings. The summed E-state index contributed by atoms with van der Waals surface area (Å²) in [6.07, 6.45) is 4.49. The molecule has 2 nitrogen and oxygen atoms in total. The molecule has 3 rings (SSSR count). The van der Waals surface area contributed by atoms with E-state index in [1.807, 2.05) is 0 Å². The smallest absolute Gasteiger partial charge is 0.122 e. The van der Waals surface area contributed by atoms with Crippen molar-refractivity contribution in [2.75, 3.05) is 13.2 Å². The third-order valence-corrected chi connectivity index (χ3v) is 5.10. The van der Waals surface area contributed by atoms with Gasteiger partial charge in [-0.25, -0.2) is 0 Å². The second-order valence-electron chi connectivity index (χ2n) is 7.49. The van der Waals surface area contributed by atoms with Crippen LogP contribution in [0.2, 0.25) is 0 Å². The summed E-state index contributed by atoms with van der Waals surface area (Å²) in [5.74, 6) is 1.93. The van der Waals surface area contributed by atoms with Gasteiger partial charge in [0.15, 0.2) is 0 Å². The van der Waals surface area contributed by atoms with Gasteiger partial charge in [0.2, 0.25) is 0 Å². The Hall–Kier alpha value is -2.74. The number of rotatable bonds is 10. The molecule has 0 aliphatic rings. The Morgan fingerprint density at radius 1 is 0.586 bits per heavy atom. The van der Waals surface area contributed by atoms with E-state index in [2.05, 4.69) is 87.5 Å². The Morgan fingerprint density at radius 2 is 1.07 bits per heavy atom. The molecule has 0 N–H and O–H groups in total. The minimum Gasteiger partial charge on any atom is -0.494 e. The Bertz CT molecular complexity index is 879. The van der Waals surface area contributed by atoms with Crippen LogP contribution in [0.15, 0.2) is 66.7 Å². The van der Waals surface area contributed by atoms with Gasteiger partial charge in [-0.2, -0.15) is 0 Å². The second kappa shape index (κ2) is 10.7. The molecule has 0 aliphatic carbocycles. The summed E-state index contributed by atoms with van der Waals surface area (Å²) in [5.41, 5.74) is 6.04. The molecule has 0 heterocycles. The number of hydrogen-bond donors (Lipinski definition) is 0. The van der Waals surface area contributed by atoms with E-state index in [0.29, 0.717) is 0 Å². The summed E-state index contributed by atoms with van der Waals surface area (Å²) in [4.78, 5) is 0. The highest BCUT2D eigenvalue weighted by Crippen LogP contribution is 2.29. The molecule has 0 fully saturated rings. The molecule has 0 saturated carbocycles. The van der Waals surface area contributed by atoms with Crippen molar-refractivity contribution in [1.82, 2.24) is 0 Å². The molecule has 3 aromatic carbocycles. The lowest BCUT2D eigenvalue weighted by molar-refractivity contribution is 0.307. The standard InChI is InChI=1S/C27H32O2/c1-4-6-18-28-26-15-12-23(13-16-26)22-8-10-24(11-9-22)25-14-17-27(21(3)20-25)29-19-7-5-2/h8-17,20H,4-7,18-19H2,1-3H3. The van der Waals surface area contributed by atoms with Gasteiger partial charge in [-0.05, 0) is 71.8 Å². The molecule has 0 aliphatic heterocycles. The van der Waals surface area contributed by atoms with Crippen LogP contribution in [-0.2, 0) is 0 Å². The van der Waals surface area contributed by atoms with Crippen LogP contribution in [0.4, 0.5) is 0 Å². The normalized spacial score (nSPS) is 10.7. The summed E-state index contributed by atoms with van der Waals surface area (Å²) >= 11 is 0. The average Bonchev–Trinajstić information content (AvgIpc) is 2.76. The fourth-order valence-electron chi connectivity index (χ4n) is 3.25. The number of benzene rings is 3. The van der Waals surface area contributed by atoms with Gasteiger partial charge in [0.05, 0.1) is 13.2 Å². The summed E-state index contributed by atoms with van der Waals surface area (Å²) in [6.45, 7) is 8.04. The maximum atomic E-state index is 5.88. The second-order valence-corrected chi connectivity index (χ2v) is 7.49. The van der Waals surface area contributed by atoms with Crippen LogP contribution in [0, 0.1) is 6.92 Å². The summed E-state index contributed by atoms with van der Waals surface area (Å²) in [6, 6.07) is 23.5. The van der Waals surface area contributed by atoms with Crippen molar-refractivity contribution in [3.63, 3.8) is 0 Å². The first-order valence-corrected chi connectivity index (χ1v) is 10.8. The third kappa shape index (κ3) is 5.87. The first-order chi connectivity index (χ1) is 14.2. The third-order valence-electron chi connectivity index (χ3n) is 5.10. The van der Waals surface area contributed by atoms with Crippen molar-refractivity contribution < 1.29 is 9.47 Å². The van der Waals surface area contributed by atoms with Crippen molar-refractivity contribution in [1.29, 1.82) is 0 Å². The highest BCUT2D eigenvalue weighted by atomic mass is 16.5. The van der Waals surface area contributed by atoms with Gasteiger partial charge in [-0.1, -0.05) is 69.2 Å². The molecular weight excluding hydrogens is 356 g/mol. The van der Waals surface area contributed by atoms with Gasteiger partial charge in [0, 0.05) is 0 Å². The first kappa shape index (κ1) is 21.0. The molecule has 0 unspecified atom stereocenters. The van der Waals surface area contributed by atoms with E-state index in [1.165, 1.54) is 27.8 Å². The van der Waals surface area contributed by atoms with Crippen molar-refractivity contribution in [2.24, 2.45) is 0 Å². The Labute approximate surface area is 175 Å². The van der Waals surface area contributed by atoms with E-state index in [-0.39, 0.29) is 0 Å². The van der Waals surface area contributed by atoms with Crippen LogP contribution in [0.1, 0.15) is 45.1 Å². The SMILES string of the molecule is CCCCOc1ccc(-c2ccc(-c3ccc(OCCCC)c(C)c3)cc2)cc1. The van der Waals surface area contributed by atoms with Gasteiger partial charge in [-0.3, -0.25) is 0 Å².